The van der Waals surface area contributed by atoms with E-state index in [4.69, 9.17) is 4.74 Å². The first-order valence-corrected chi connectivity index (χ1v) is 10.1. The highest BCUT2D eigenvalue weighted by Crippen LogP contribution is 2.38. The summed E-state index contributed by atoms with van der Waals surface area (Å²) in [6.07, 6.45) is 0.704. The number of anilines is 1. The smallest absolute Gasteiger partial charge is 0.256 e. The average Bonchev–Trinajstić information content (AvgIpc) is 2.89. The Balaban J connectivity index is 1.44. The van der Waals surface area contributed by atoms with E-state index in [1.54, 1.807) is 25.3 Å². The summed E-state index contributed by atoms with van der Waals surface area (Å²) in [5, 5.41) is 5.85. The van der Waals surface area contributed by atoms with Crippen LogP contribution in [0.2, 0.25) is 0 Å². The Labute approximate surface area is 173 Å². The van der Waals surface area contributed by atoms with Gasteiger partial charge in [-0.15, -0.1) is 0 Å². The second kappa shape index (κ2) is 8.41. The zero-order chi connectivity index (χ0) is 20.2. The van der Waals surface area contributed by atoms with E-state index in [-0.39, 0.29) is 11.8 Å². The summed E-state index contributed by atoms with van der Waals surface area (Å²) < 4.78 is 5.22. The van der Waals surface area contributed by atoms with E-state index in [0.717, 1.165) is 21.1 Å². The Morgan fingerprint density at radius 1 is 1.03 bits per heavy atom. The van der Waals surface area contributed by atoms with Crippen LogP contribution < -0.4 is 15.4 Å². The number of carbonyl (C=O) groups is 2. The summed E-state index contributed by atoms with van der Waals surface area (Å²) in [5.41, 5.74) is 2.89. The van der Waals surface area contributed by atoms with Crippen LogP contribution in [-0.2, 0) is 6.42 Å². The van der Waals surface area contributed by atoms with Crippen LogP contribution in [0.5, 0.6) is 5.75 Å². The van der Waals surface area contributed by atoms with E-state index in [2.05, 4.69) is 10.6 Å². The molecule has 0 unspecified atom stereocenters. The van der Waals surface area contributed by atoms with Crippen LogP contribution in [-0.4, -0.2) is 25.5 Å². The van der Waals surface area contributed by atoms with Gasteiger partial charge in [-0.1, -0.05) is 36.0 Å². The lowest BCUT2D eigenvalue weighted by Gasteiger charge is -2.10. The van der Waals surface area contributed by atoms with Gasteiger partial charge in [0.15, 0.2) is 0 Å². The van der Waals surface area contributed by atoms with E-state index < -0.39 is 0 Å². The van der Waals surface area contributed by atoms with Crippen molar-refractivity contribution in [3.63, 3.8) is 0 Å². The number of methoxy groups -OCH3 is 1. The lowest BCUT2D eigenvalue weighted by Crippen LogP contribution is -2.25. The SMILES string of the molecule is COc1cccc(CCNC(=O)c2ccc3c(c2)NC(=O)c2ccccc2S3)c1. The molecule has 4 rings (SSSR count). The quantitative estimate of drug-likeness (QED) is 0.662. The first-order valence-electron chi connectivity index (χ1n) is 9.27. The topological polar surface area (TPSA) is 67.4 Å². The van der Waals surface area contributed by atoms with Crippen molar-refractivity contribution in [3.05, 3.63) is 83.4 Å². The molecule has 0 fully saturated rings. The summed E-state index contributed by atoms with van der Waals surface area (Å²) >= 11 is 1.52. The van der Waals surface area contributed by atoms with E-state index >= 15 is 0 Å². The van der Waals surface area contributed by atoms with Crippen LogP contribution in [0.4, 0.5) is 5.69 Å². The lowest BCUT2D eigenvalue weighted by atomic mass is 10.1. The van der Waals surface area contributed by atoms with Crippen molar-refractivity contribution in [1.29, 1.82) is 0 Å². The van der Waals surface area contributed by atoms with Crippen molar-refractivity contribution in [1.82, 2.24) is 5.32 Å². The number of fused-ring (bicyclic) bond motifs is 2. The number of carbonyl (C=O) groups excluding carboxylic acids is 2. The van der Waals surface area contributed by atoms with Crippen LogP contribution in [0.3, 0.4) is 0 Å². The van der Waals surface area contributed by atoms with Gasteiger partial charge in [-0.3, -0.25) is 9.59 Å². The third kappa shape index (κ3) is 4.27. The second-order valence-electron chi connectivity index (χ2n) is 6.62. The minimum Gasteiger partial charge on any atom is -0.497 e. The van der Waals surface area contributed by atoms with Gasteiger partial charge in [0.05, 0.1) is 18.4 Å². The molecule has 0 saturated heterocycles. The molecule has 0 radical (unpaired) electrons. The van der Waals surface area contributed by atoms with Gasteiger partial charge in [-0.05, 0) is 54.4 Å². The zero-order valence-corrected chi connectivity index (χ0v) is 16.7. The van der Waals surface area contributed by atoms with Crippen molar-refractivity contribution < 1.29 is 14.3 Å². The fourth-order valence-corrected chi connectivity index (χ4v) is 4.17. The number of amides is 2. The number of rotatable bonds is 5. The fourth-order valence-electron chi connectivity index (χ4n) is 3.16. The molecule has 0 aromatic heterocycles. The molecular weight excluding hydrogens is 384 g/mol. The average molecular weight is 404 g/mol. The minimum absolute atomic E-state index is 0.164. The predicted molar refractivity (Wildman–Crippen MR) is 114 cm³/mol. The molecular formula is C23H20N2O3S. The molecule has 2 amide bonds. The molecule has 3 aromatic rings. The number of benzene rings is 3. The Morgan fingerprint density at radius 3 is 2.76 bits per heavy atom. The highest BCUT2D eigenvalue weighted by atomic mass is 32.2. The lowest BCUT2D eigenvalue weighted by molar-refractivity contribution is 0.0952. The number of ether oxygens (including phenoxy) is 1. The molecule has 0 bridgehead atoms. The monoisotopic (exact) mass is 404 g/mol. The molecule has 6 heteroatoms. The van der Waals surface area contributed by atoms with Crippen LogP contribution in [0.25, 0.3) is 0 Å². The predicted octanol–water partition coefficient (Wildman–Crippen LogP) is 4.38. The standard InChI is InChI=1S/C23H20N2O3S/c1-28-17-6-4-5-15(13-17)11-12-24-22(26)16-9-10-21-19(14-16)25-23(27)18-7-2-3-8-20(18)29-21/h2-10,13-14H,11-12H2,1H3,(H,24,26)(H,25,27). The highest BCUT2D eigenvalue weighted by molar-refractivity contribution is 7.99. The van der Waals surface area contributed by atoms with Crippen molar-refractivity contribution in [2.45, 2.75) is 16.2 Å². The number of hydrogen-bond donors (Lipinski definition) is 2. The largest absolute Gasteiger partial charge is 0.497 e. The summed E-state index contributed by atoms with van der Waals surface area (Å²) in [6, 6.07) is 20.6. The van der Waals surface area contributed by atoms with E-state index in [1.807, 2.05) is 48.5 Å². The molecule has 0 spiro atoms. The Kier molecular flexibility index (Phi) is 5.53. The molecule has 2 N–H and O–H groups in total. The Hall–Kier alpha value is -3.25. The number of nitrogens with one attached hydrogen (secondary N) is 2. The van der Waals surface area contributed by atoms with Gasteiger partial charge in [-0.2, -0.15) is 0 Å². The van der Waals surface area contributed by atoms with Gasteiger partial charge in [-0.25, -0.2) is 0 Å². The third-order valence-electron chi connectivity index (χ3n) is 4.67. The summed E-state index contributed by atoms with van der Waals surface area (Å²) in [5.74, 6) is 0.466. The molecule has 3 aromatic carbocycles. The zero-order valence-electron chi connectivity index (χ0n) is 15.9. The third-order valence-corrected chi connectivity index (χ3v) is 5.83. The molecule has 146 valence electrons. The first kappa shape index (κ1) is 19.1. The fraction of sp³-hybridized carbons (Fsp3) is 0.130. The van der Waals surface area contributed by atoms with Crippen LogP contribution in [0.1, 0.15) is 26.3 Å². The maximum Gasteiger partial charge on any atom is 0.256 e. The van der Waals surface area contributed by atoms with Gasteiger partial charge in [0.1, 0.15) is 5.75 Å². The van der Waals surface area contributed by atoms with E-state index in [1.165, 1.54) is 11.8 Å². The Bertz CT molecular complexity index is 1080. The van der Waals surface area contributed by atoms with Gasteiger partial charge in [0.25, 0.3) is 11.8 Å². The normalized spacial score (nSPS) is 12.2. The highest BCUT2D eigenvalue weighted by Gasteiger charge is 2.20. The van der Waals surface area contributed by atoms with Crippen molar-refractivity contribution in [2.75, 3.05) is 19.0 Å². The van der Waals surface area contributed by atoms with E-state index in [9.17, 15) is 9.59 Å². The molecule has 1 heterocycles. The summed E-state index contributed by atoms with van der Waals surface area (Å²) in [6.45, 7) is 0.510. The van der Waals surface area contributed by atoms with Gasteiger partial charge in [0, 0.05) is 21.9 Å². The van der Waals surface area contributed by atoms with Gasteiger partial charge >= 0.3 is 0 Å². The molecule has 1 aliphatic rings. The summed E-state index contributed by atoms with van der Waals surface area (Å²) in [7, 11) is 1.63. The van der Waals surface area contributed by atoms with Gasteiger partial charge < -0.3 is 15.4 Å². The summed E-state index contributed by atoms with van der Waals surface area (Å²) in [4.78, 5) is 26.9. The van der Waals surface area contributed by atoms with Crippen LogP contribution in [0, 0.1) is 0 Å². The maximum atomic E-state index is 12.6. The van der Waals surface area contributed by atoms with Crippen LogP contribution >= 0.6 is 11.8 Å². The first-order chi connectivity index (χ1) is 14.1. The molecule has 5 nitrogen and oxygen atoms in total. The minimum atomic E-state index is -0.170. The molecule has 0 aliphatic carbocycles. The van der Waals surface area contributed by atoms with E-state index in [0.29, 0.717) is 29.8 Å². The van der Waals surface area contributed by atoms with Crippen LogP contribution in [0.15, 0.2) is 76.5 Å². The van der Waals surface area contributed by atoms with Crippen molar-refractivity contribution in [2.24, 2.45) is 0 Å². The van der Waals surface area contributed by atoms with Crippen molar-refractivity contribution in [3.8, 4) is 5.75 Å². The number of hydrogen-bond acceptors (Lipinski definition) is 4. The second-order valence-corrected chi connectivity index (χ2v) is 7.70. The maximum absolute atomic E-state index is 12.6. The Morgan fingerprint density at radius 2 is 1.90 bits per heavy atom. The molecule has 0 saturated carbocycles. The molecule has 29 heavy (non-hydrogen) atoms. The van der Waals surface area contributed by atoms with Crippen molar-refractivity contribution >= 4 is 29.3 Å². The molecule has 1 aliphatic heterocycles. The van der Waals surface area contributed by atoms with Gasteiger partial charge in [0.2, 0.25) is 0 Å². The molecule has 0 atom stereocenters.